The van der Waals surface area contributed by atoms with Gasteiger partial charge in [-0.25, -0.2) is 4.79 Å². The molecule has 1 amide bonds. The number of aliphatic hydroxyl groups excluding tert-OH is 1. The summed E-state index contributed by atoms with van der Waals surface area (Å²) in [6.45, 7) is 2.03. The van der Waals surface area contributed by atoms with Crippen LogP contribution < -0.4 is 14.4 Å². The Labute approximate surface area is 214 Å². The number of ketones is 1. The van der Waals surface area contributed by atoms with Gasteiger partial charge in [-0.2, -0.15) is 0 Å². The first-order valence-corrected chi connectivity index (χ1v) is 11.7. The first kappa shape index (κ1) is 25.5. The number of ether oxygens (including phenoxy) is 3. The zero-order valence-corrected chi connectivity index (χ0v) is 21.0. The van der Waals surface area contributed by atoms with Crippen molar-refractivity contribution < 1.29 is 33.7 Å². The number of benzene rings is 3. The molecule has 1 N–H and O–H groups in total. The molecule has 0 saturated carbocycles. The van der Waals surface area contributed by atoms with Crippen LogP contribution in [0.5, 0.6) is 11.5 Å². The highest BCUT2D eigenvalue weighted by atomic mass is 16.5. The quantitative estimate of drug-likeness (QED) is 0.217. The summed E-state index contributed by atoms with van der Waals surface area (Å²) >= 11 is 0. The lowest BCUT2D eigenvalue weighted by atomic mass is 9.93. The lowest BCUT2D eigenvalue weighted by Gasteiger charge is -2.26. The number of methoxy groups -OCH3 is 3. The SMILES string of the molecule is CCc1ccc(C2/C(=C(\O)c3c(OC)cccc3OC)C(=O)C(=O)N2c2ccc(C(=O)OC)cc2)cc1. The van der Waals surface area contributed by atoms with Crippen molar-refractivity contribution in [1.29, 1.82) is 0 Å². The van der Waals surface area contributed by atoms with Gasteiger partial charge in [0.2, 0.25) is 0 Å². The molecule has 3 aromatic rings. The maximum absolute atomic E-state index is 13.5. The Morgan fingerprint density at radius 1 is 0.892 bits per heavy atom. The molecule has 1 unspecified atom stereocenters. The third-order valence-corrected chi connectivity index (χ3v) is 6.38. The maximum atomic E-state index is 13.5. The molecule has 0 aliphatic carbocycles. The molecule has 0 aromatic heterocycles. The summed E-state index contributed by atoms with van der Waals surface area (Å²) in [5, 5.41) is 11.5. The van der Waals surface area contributed by atoms with Crippen LogP contribution in [0, 0.1) is 0 Å². The van der Waals surface area contributed by atoms with Crippen LogP contribution in [0.2, 0.25) is 0 Å². The van der Waals surface area contributed by atoms with Gasteiger partial charge in [-0.1, -0.05) is 37.3 Å². The number of esters is 1. The second kappa shape index (κ2) is 10.6. The fourth-order valence-electron chi connectivity index (χ4n) is 4.45. The van der Waals surface area contributed by atoms with Gasteiger partial charge < -0.3 is 19.3 Å². The van der Waals surface area contributed by atoms with E-state index in [0.29, 0.717) is 16.8 Å². The van der Waals surface area contributed by atoms with E-state index in [1.165, 1.54) is 38.4 Å². The van der Waals surface area contributed by atoms with E-state index in [4.69, 9.17) is 14.2 Å². The molecule has 8 nitrogen and oxygen atoms in total. The predicted octanol–water partition coefficient (Wildman–Crippen LogP) is 4.68. The fourth-order valence-corrected chi connectivity index (χ4v) is 4.45. The molecular formula is C29H27NO7. The van der Waals surface area contributed by atoms with E-state index in [2.05, 4.69) is 0 Å². The number of aliphatic hydroxyl groups is 1. The highest BCUT2D eigenvalue weighted by Crippen LogP contribution is 2.45. The summed E-state index contributed by atoms with van der Waals surface area (Å²) in [7, 11) is 4.16. The van der Waals surface area contributed by atoms with Crippen molar-refractivity contribution >= 4 is 29.1 Å². The van der Waals surface area contributed by atoms with E-state index < -0.39 is 29.5 Å². The third kappa shape index (κ3) is 4.53. The number of amides is 1. The zero-order valence-electron chi connectivity index (χ0n) is 21.0. The van der Waals surface area contributed by atoms with Crippen molar-refractivity contribution in [3.8, 4) is 11.5 Å². The molecule has 3 aromatic carbocycles. The molecule has 8 heteroatoms. The standard InChI is InChI=1S/C29H27NO7/c1-5-17-9-11-18(12-10-17)25-24(26(31)23-21(35-2)7-6-8-22(23)36-3)27(32)28(33)30(25)20-15-13-19(14-16-20)29(34)37-4/h6-16,25,31H,5H2,1-4H3/b26-24+. The molecule has 1 aliphatic heterocycles. The highest BCUT2D eigenvalue weighted by molar-refractivity contribution is 6.51. The Bertz CT molecular complexity index is 1350. The monoisotopic (exact) mass is 501 g/mol. The van der Waals surface area contributed by atoms with Crippen molar-refractivity contribution in [2.75, 3.05) is 26.2 Å². The molecule has 37 heavy (non-hydrogen) atoms. The summed E-state index contributed by atoms with van der Waals surface area (Å²) in [4.78, 5) is 40.1. The minimum Gasteiger partial charge on any atom is -0.506 e. The van der Waals surface area contributed by atoms with Gasteiger partial charge in [-0.15, -0.1) is 0 Å². The molecule has 4 rings (SSSR count). The number of anilines is 1. The number of hydrogen-bond acceptors (Lipinski definition) is 7. The topological polar surface area (TPSA) is 102 Å². The van der Waals surface area contributed by atoms with E-state index in [1.807, 2.05) is 31.2 Å². The van der Waals surface area contributed by atoms with Crippen molar-refractivity contribution in [3.63, 3.8) is 0 Å². The van der Waals surface area contributed by atoms with Crippen molar-refractivity contribution in [2.24, 2.45) is 0 Å². The molecule has 0 radical (unpaired) electrons. The Hall–Kier alpha value is -4.59. The van der Waals surface area contributed by atoms with Gasteiger partial charge in [-0.05, 0) is 53.9 Å². The van der Waals surface area contributed by atoms with Gasteiger partial charge in [-0.3, -0.25) is 14.5 Å². The predicted molar refractivity (Wildman–Crippen MR) is 138 cm³/mol. The van der Waals surface area contributed by atoms with Gasteiger partial charge in [0.1, 0.15) is 22.8 Å². The van der Waals surface area contributed by atoms with Crippen molar-refractivity contribution in [3.05, 3.63) is 94.6 Å². The van der Waals surface area contributed by atoms with Crippen LogP contribution in [-0.4, -0.2) is 44.1 Å². The van der Waals surface area contributed by atoms with E-state index in [-0.39, 0.29) is 22.6 Å². The molecular weight excluding hydrogens is 474 g/mol. The van der Waals surface area contributed by atoms with Crippen LogP contribution >= 0.6 is 0 Å². The molecule has 1 fully saturated rings. The van der Waals surface area contributed by atoms with Crippen molar-refractivity contribution in [2.45, 2.75) is 19.4 Å². The molecule has 1 heterocycles. The number of carbonyl (C=O) groups excluding carboxylic acids is 3. The van der Waals surface area contributed by atoms with Crippen LogP contribution in [0.3, 0.4) is 0 Å². The minimum absolute atomic E-state index is 0.103. The van der Waals surface area contributed by atoms with Crippen LogP contribution in [0.15, 0.2) is 72.3 Å². The number of carbonyl (C=O) groups is 3. The van der Waals surface area contributed by atoms with Gasteiger partial charge in [0, 0.05) is 5.69 Å². The van der Waals surface area contributed by atoms with Crippen molar-refractivity contribution in [1.82, 2.24) is 0 Å². The smallest absolute Gasteiger partial charge is 0.337 e. The fraction of sp³-hybridized carbons (Fsp3) is 0.207. The number of nitrogens with zero attached hydrogens (tertiary/aromatic N) is 1. The Balaban J connectivity index is 1.95. The maximum Gasteiger partial charge on any atom is 0.337 e. The Kier molecular flexibility index (Phi) is 7.29. The summed E-state index contributed by atoms with van der Waals surface area (Å²) < 4.78 is 15.6. The lowest BCUT2D eigenvalue weighted by molar-refractivity contribution is -0.132. The average Bonchev–Trinajstić information content (AvgIpc) is 3.21. The molecule has 0 bridgehead atoms. The van der Waals surface area contributed by atoms with Gasteiger partial charge in [0.25, 0.3) is 11.7 Å². The molecule has 0 spiro atoms. The molecule has 190 valence electrons. The average molecular weight is 502 g/mol. The molecule has 1 aliphatic rings. The Morgan fingerprint density at radius 3 is 2.00 bits per heavy atom. The number of aryl methyl sites for hydroxylation is 1. The van der Waals surface area contributed by atoms with E-state index in [1.54, 1.807) is 30.3 Å². The Morgan fingerprint density at radius 2 is 1.49 bits per heavy atom. The summed E-state index contributed by atoms with van der Waals surface area (Å²) in [5.41, 5.74) is 2.45. The van der Waals surface area contributed by atoms with Gasteiger partial charge in [0.15, 0.2) is 0 Å². The second-order valence-corrected chi connectivity index (χ2v) is 8.34. The van der Waals surface area contributed by atoms with E-state index in [0.717, 1.165) is 12.0 Å². The summed E-state index contributed by atoms with van der Waals surface area (Å²) in [5.74, 6) is -2.04. The largest absolute Gasteiger partial charge is 0.506 e. The van der Waals surface area contributed by atoms with Gasteiger partial charge >= 0.3 is 5.97 Å². The normalized spacial score (nSPS) is 16.5. The van der Waals surface area contributed by atoms with Crippen LogP contribution in [0.1, 0.15) is 40.0 Å². The van der Waals surface area contributed by atoms with E-state index in [9.17, 15) is 19.5 Å². The number of hydrogen-bond donors (Lipinski definition) is 1. The molecule has 1 atom stereocenters. The summed E-state index contributed by atoms with van der Waals surface area (Å²) in [6.07, 6.45) is 0.813. The van der Waals surface area contributed by atoms with Crippen LogP contribution in [-0.2, 0) is 20.7 Å². The lowest BCUT2D eigenvalue weighted by Crippen LogP contribution is -2.29. The zero-order chi connectivity index (χ0) is 26.7. The first-order chi connectivity index (χ1) is 17.9. The minimum atomic E-state index is -0.940. The highest BCUT2D eigenvalue weighted by Gasteiger charge is 2.47. The van der Waals surface area contributed by atoms with Gasteiger partial charge in [0.05, 0.1) is 38.5 Å². The van der Waals surface area contributed by atoms with Crippen LogP contribution in [0.4, 0.5) is 5.69 Å². The second-order valence-electron chi connectivity index (χ2n) is 8.34. The molecule has 1 saturated heterocycles. The van der Waals surface area contributed by atoms with E-state index >= 15 is 0 Å². The summed E-state index contributed by atoms with van der Waals surface area (Å²) in [6, 6.07) is 17.7. The first-order valence-electron chi connectivity index (χ1n) is 11.7. The number of rotatable bonds is 7. The number of Topliss-reactive ketones (excluding diaryl/α,β-unsaturated/α-hetero) is 1. The third-order valence-electron chi connectivity index (χ3n) is 6.38. The van der Waals surface area contributed by atoms with Crippen LogP contribution in [0.25, 0.3) is 5.76 Å².